The summed E-state index contributed by atoms with van der Waals surface area (Å²) in [5.41, 5.74) is 1.90. The molecule has 10 heteroatoms. The summed E-state index contributed by atoms with van der Waals surface area (Å²) in [4.78, 5) is 14.6. The van der Waals surface area contributed by atoms with E-state index in [2.05, 4.69) is 4.72 Å². The SMILES string of the molecule is CCN(c1ccc(C(=O)NS(=O)(=O)c2ccccc2)cc1)C1c2ccccc2OCc2cccc(c2)S1(=O)=O. The molecule has 0 radical (unpaired) electrons. The highest BCUT2D eigenvalue weighted by Crippen LogP contribution is 2.41. The van der Waals surface area contributed by atoms with Gasteiger partial charge in [0.2, 0.25) is 9.84 Å². The van der Waals surface area contributed by atoms with Gasteiger partial charge in [-0.05, 0) is 67.1 Å². The number of carbonyl (C=O) groups excluding carboxylic acids is 1. The maximum Gasteiger partial charge on any atom is 0.264 e. The maximum atomic E-state index is 14.1. The molecule has 4 aromatic rings. The minimum absolute atomic E-state index is 0.0255. The van der Waals surface area contributed by atoms with E-state index >= 15 is 0 Å². The van der Waals surface area contributed by atoms with Crippen molar-refractivity contribution in [1.82, 2.24) is 4.72 Å². The summed E-state index contributed by atoms with van der Waals surface area (Å²) in [6.07, 6.45) is 0. The summed E-state index contributed by atoms with van der Waals surface area (Å²) < 4.78 is 61.4. The Balaban J connectivity index is 1.51. The minimum atomic E-state index is -4.04. The average molecular weight is 563 g/mol. The van der Waals surface area contributed by atoms with Crippen LogP contribution < -0.4 is 14.4 Å². The van der Waals surface area contributed by atoms with Crippen LogP contribution in [0.1, 0.15) is 33.8 Å². The monoisotopic (exact) mass is 562 g/mol. The van der Waals surface area contributed by atoms with Crippen LogP contribution in [0.3, 0.4) is 0 Å². The Morgan fingerprint density at radius 1 is 0.923 bits per heavy atom. The normalized spacial score (nSPS) is 16.0. The van der Waals surface area contributed by atoms with Gasteiger partial charge in [-0.1, -0.05) is 48.5 Å². The summed E-state index contributed by atoms with van der Waals surface area (Å²) in [5, 5.41) is -1.11. The Labute approximate surface area is 227 Å². The molecule has 0 aliphatic carbocycles. The van der Waals surface area contributed by atoms with Crippen molar-refractivity contribution in [2.24, 2.45) is 0 Å². The quantitative estimate of drug-likeness (QED) is 0.363. The predicted molar refractivity (Wildman–Crippen MR) is 148 cm³/mol. The summed E-state index contributed by atoms with van der Waals surface area (Å²) in [7, 11) is -7.96. The molecule has 0 saturated carbocycles. The van der Waals surface area contributed by atoms with E-state index in [0.29, 0.717) is 23.5 Å². The molecule has 2 bridgehead atoms. The van der Waals surface area contributed by atoms with Crippen LogP contribution in [-0.4, -0.2) is 29.3 Å². The first-order valence-corrected chi connectivity index (χ1v) is 15.3. The fourth-order valence-electron chi connectivity index (χ4n) is 4.55. The van der Waals surface area contributed by atoms with E-state index in [-0.39, 0.29) is 22.0 Å². The van der Waals surface area contributed by atoms with Crippen LogP contribution in [0, 0.1) is 0 Å². The first kappa shape index (κ1) is 26.5. The second kappa shape index (κ2) is 10.5. The number of ether oxygens (including phenoxy) is 1. The first-order chi connectivity index (χ1) is 18.7. The van der Waals surface area contributed by atoms with E-state index in [1.807, 2.05) is 13.0 Å². The number of rotatable bonds is 6. The Hall–Kier alpha value is -4.15. The number of benzene rings is 4. The molecule has 1 heterocycles. The maximum absolute atomic E-state index is 14.1. The van der Waals surface area contributed by atoms with Crippen LogP contribution in [0.5, 0.6) is 5.75 Å². The van der Waals surface area contributed by atoms with Crippen molar-refractivity contribution in [3.63, 3.8) is 0 Å². The highest BCUT2D eigenvalue weighted by atomic mass is 32.2. The molecule has 0 spiro atoms. The molecule has 1 amide bonds. The molecule has 5 rings (SSSR count). The van der Waals surface area contributed by atoms with Gasteiger partial charge < -0.3 is 9.64 Å². The molecule has 0 saturated heterocycles. The zero-order valence-electron chi connectivity index (χ0n) is 21.0. The largest absolute Gasteiger partial charge is 0.489 e. The van der Waals surface area contributed by atoms with Crippen LogP contribution in [0.25, 0.3) is 0 Å². The van der Waals surface area contributed by atoms with Gasteiger partial charge in [0.15, 0.2) is 5.37 Å². The molecule has 39 heavy (non-hydrogen) atoms. The third kappa shape index (κ3) is 5.25. The Morgan fingerprint density at radius 3 is 2.33 bits per heavy atom. The highest BCUT2D eigenvalue weighted by molar-refractivity contribution is 7.91. The van der Waals surface area contributed by atoms with Crippen LogP contribution in [-0.2, 0) is 26.5 Å². The van der Waals surface area contributed by atoms with Crippen molar-refractivity contribution in [2.45, 2.75) is 28.7 Å². The topological polar surface area (TPSA) is 110 Å². The molecule has 200 valence electrons. The average Bonchev–Trinajstić information content (AvgIpc) is 2.97. The molecule has 1 unspecified atom stereocenters. The standard InChI is InChI=1S/C29H26N2O6S2/c1-2-31(23-17-15-22(16-18-23)28(32)30-39(35,36)24-10-4-3-5-11-24)29-26-13-6-7-14-27(26)37-20-21-9-8-12-25(19-21)38(29,33)34/h3-19,29H,2,20H2,1H3,(H,30,32). The van der Waals surface area contributed by atoms with Gasteiger partial charge in [-0.3, -0.25) is 4.79 Å². The van der Waals surface area contributed by atoms with Gasteiger partial charge >= 0.3 is 0 Å². The number of fused-ring (bicyclic) bond motifs is 3. The second-order valence-electron chi connectivity index (χ2n) is 8.95. The first-order valence-electron chi connectivity index (χ1n) is 12.2. The lowest BCUT2D eigenvalue weighted by atomic mass is 10.1. The highest BCUT2D eigenvalue weighted by Gasteiger charge is 2.37. The molecule has 0 fully saturated rings. The number of sulfonamides is 1. The number of carbonyl (C=O) groups is 1. The minimum Gasteiger partial charge on any atom is -0.489 e. The second-order valence-corrected chi connectivity index (χ2v) is 12.6. The van der Waals surface area contributed by atoms with Crippen molar-refractivity contribution < 1.29 is 26.4 Å². The number of nitrogens with one attached hydrogen (secondary N) is 1. The van der Waals surface area contributed by atoms with Gasteiger partial charge in [-0.2, -0.15) is 0 Å². The van der Waals surface area contributed by atoms with Gasteiger partial charge in [0.25, 0.3) is 15.9 Å². The number of hydrogen-bond acceptors (Lipinski definition) is 7. The zero-order chi connectivity index (χ0) is 27.6. The molecular weight excluding hydrogens is 536 g/mol. The fraction of sp³-hybridized carbons (Fsp3) is 0.138. The fourth-order valence-corrected chi connectivity index (χ4v) is 7.52. The van der Waals surface area contributed by atoms with Crippen LogP contribution in [0.4, 0.5) is 5.69 Å². The predicted octanol–water partition coefficient (Wildman–Crippen LogP) is 4.70. The third-order valence-corrected chi connectivity index (χ3v) is 9.82. The summed E-state index contributed by atoms with van der Waals surface area (Å²) in [6.45, 7) is 2.40. The number of sulfone groups is 1. The molecule has 4 aromatic carbocycles. The van der Waals surface area contributed by atoms with Gasteiger partial charge in [0, 0.05) is 23.4 Å². The van der Waals surface area contributed by atoms with E-state index in [1.54, 1.807) is 77.7 Å². The van der Waals surface area contributed by atoms with E-state index < -0.39 is 31.1 Å². The Morgan fingerprint density at radius 2 is 1.62 bits per heavy atom. The van der Waals surface area contributed by atoms with Gasteiger partial charge in [0.05, 0.1) is 9.79 Å². The molecule has 1 N–H and O–H groups in total. The number of nitrogens with zero attached hydrogens (tertiary/aromatic N) is 1. The summed E-state index contributed by atoms with van der Waals surface area (Å²) >= 11 is 0. The lowest BCUT2D eigenvalue weighted by molar-refractivity contribution is 0.0981. The van der Waals surface area contributed by atoms with Crippen LogP contribution >= 0.6 is 0 Å². The summed E-state index contributed by atoms with van der Waals surface area (Å²) in [5.74, 6) is -0.326. The number of anilines is 1. The van der Waals surface area contributed by atoms with E-state index in [9.17, 15) is 21.6 Å². The van der Waals surface area contributed by atoms with Crippen molar-refractivity contribution in [1.29, 1.82) is 0 Å². The van der Waals surface area contributed by atoms with E-state index in [1.165, 1.54) is 24.3 Å². The Kier molecular flexibility index (Phi) is 7.16. The van der Waals surface area contributed by atoms with Gasteiger partial charge in [-0.25, -0.2) is 21.6 Å². The lowest BCUT2D eigenvalue weighted by Crippen LogP contribution is -2.34. The molecule has 0 aromatic heterocycles. The molecular formula is C29H26N2O6S2. The molecule has 8 nitrogen and oxygen atoms in total. The van der Waals surface area contributed by atoms with Crippen molar-refractivity contribution in [2.75, 3.05) is 11.4 Å². The van der Waals surface area contributed by atoms with E-state index in [0.717, 1.165) is 5.56 Å². The lowest BCUT2D eigenvalue weighted by Gasteiger charge is -2.33. The van der Waals surface area contributed by atoms with Crippen molar-refractivity contribution >= 4 is 31.5 Å². The Bertz CT molecular complexity index is 1720. The van der Waals surface area contributed by atoms with Crippen LogP contribution in [0.15, 0.2) is 113 Å². The summed E-state index contributed by atoms with van der Waals surface area (Å²) in [6, 6.07) is 27.5. The van der Waals surface area contributed by atoms with E-state index in [4.69, 9.17) is 4.74 Å². The number of hydrogen-bond donors (Lipinski definition) is 1. The molecule has 1 atom stereocenters. The number of para-hydroxylation sites is 1. The van der Waals surface area contributed by atoms with Gasteiger partial charge in [-0.15, -0.1) is 0 Å². The van der Waals surface area contributed by atoms with Crippen molar-refractivity contribution in [3.05, 3.63) is 120 Å². The third-order valence-electron chi connectivity index (χ3n) is 6.47. The zero-order valence-corrected chi connectivity index (χ0v) is 22.7. The van der Waals surface area contributed by atoms with Gasteiger partial charge in [0.1, 0.15) is 12.4 Å². The molecule has 1 aliphatic heterocycles. The van der Waals surface area contributed by atoms with Crippen molar-refractivity contribution in [3.8, 4) is 5.75 Å². The molecule has 1 aliphatic rings. The number of amides is 1. The van der Waals surface area contributed by atoms with Crippen LogP contribution in [0.2, 0.25) is 0 Å². The smallest absolute Gasteiger partial charge is 0.264 e.